The first-order chi connectivity index (χ1) is 37.7. The molecule has 2 aliphatic rings. The van der Waals surface area contributed by atoms with Gasteiger partial charge in [-0.3, -0.25) is 0 Å². The summed E-state index contributed by atoms with van der Waals surface area (Å²) in [6.07, 6.45) is 6.88. The summed E-state index contributed by atoms with van der Waals surface area (Å²) in [5.74, 6) is 0. The Balaban J connectivity index is 0.966. The Hall–Kier alpha value is -9.70. The van der Waals surface area contributed by atoms with Crippen LogP contribution in [0.3, 0.4) is 0 Å². The van der Waals surface area contributed by atoms with Crippen LogP contribution in [0.4, 0.5) is 34.1 Å². The van der Waals surface area contributed by atoms with E-state index in [1.54, 1.807) is 0 Å². The van der Waals surface area contributed by atoms with Gasteiger partial charge in [-0.15, -0.1) is 0 Å². The molecule has 0 fully saturated rings. The molecule has 1 unspecified atom stereocenters. The van der Waals surface area contributed by atoms with Crippen LogP contribution < -0.4 is 9.80 Å². The molecule has 3 nitrogen and oxygen atoms in total. The fourth-order valence-corrected chi connectivity index (χ4v) is 12.3. The van der Waals surface area contributed by atoms with Crippen LogP contribution in [0.15, 0.2) is 303 Å². The molecule has 1 atom stereocenters. The molecule has 2 aliphatic carbocycles. The fourth-order valence-electron chi connectivity index (χ4n) is 12.3. The third-order valence-electron chi connectivity index (χ3n) is 15.7. The van der Waals surface area contributed by atoms with E-state index in [0.717, 1.165) is 63.7 Å². The molecule has 360 valence electrons. The Kier molecular flexibility index (Phi) is 11.2. The minimum absolute atomic E-state index is 0.493. The third kappa shape index (κ3) is 7.59. The lowest BCUT2D eigenvalue weighted by Crippen LogP contribution is -2.29. The summed E-state index contributed by atoms with van der Waals surface area (Å²) in [5, 5.41) is 2.40. The molecule has 1 aromatic heterocycles. The van der Waals surface area contributed by atoms with E-state index in [1.807, 2.05) is 0 Å². The highest BCUT2D eigenvalue weighted by Gasteiger charge is 2.47. The molecule has 76 heavy (non-hydrogen) atoms. The Labute approximate surface area is 444 Å². The molecular weight excluding hydrogens is 919 g/mol. The first-order valence-electron chi connectivity index (χ1n) is 26.5. The zero-order valence-electron chi connectivity index (χ0n) is 42.0. The predicted molar refractivity (Wildman–Crippen MR) is 319 cm³/mol. The number of hydrogen-bond donors (Lipinski definition) is 0. The summed E-state index contributed by atoms with van der Waals surface area (Å²) in [6.45, 7) is 0. The maximum atomic E-state index is 2.52. The number of allylic oxidation sites excluding steroid dienone is 4. The lowest BCUT2D eigenvalue weighted by molar-refractivity contribution is 0.758. The van der Waals surface area contributed by atoms with E-state index >= 15 is 0 Å². The zero-order valence-corrected chi connectivity index (χ0v) is 42.0. The lowest BCUT2D eigenvalue weighted by atomic mass is 9.66. The number of para-hydroxylation sites is 2. The fraction of sp³-hybridized carbons (Fsp3) is 0.0411. The van der Waals surface area contributed by atoms with Crippen molar-refractivity contribution in [3.63, 3.8) is 0 Å². The van der Waals surface area contributed by atoms with Crippen LogP contribution in [0.1, 0.15) is 35.1 Å². The lowest BCUT2D eigenvalue weighted by Gasteiger charge is -2.35. The second kappa shape index (κ2) is 19.0. The summed E-state index contributed by atoms with van der Waals surface area (Å²) in [5.41, 5.74) is 22.3. The van der Waals surface area contributed by atoms with Gasteiger partial charge in [-0.25, -0.2) is 0 Å². The molecule has 11 aromatic carbocycles. The highest BCUT2D eigenvalue weighted by molar-refractivity contribution is 6.11. The molecular formula is C73H53N3. The molecule has 0 aliphatic heterocycles. The van der Waals surface area contributed by atoms with Gasteiger partial charge in [-0.2, -0.15) is 0 Å². The van der Waals surface area contributed by atoms with Gasteiger partial charge in [-0.1, -0.05) is 194 Å². The maximum absolute atomic E-state index is 2.52. The summed E-state index contributed by atoms with van der Waals surface area (Å²) in [7, 11) is 0. The van der Waals surface area contributed by atoms with Gasteiger partial charge in [-0.05, 0) is 172 Å². The Bertz CT molecular complexity index is 4080. The van der Waals surface area contributed by atoms with E-state index in [1.165, 1.54) is 66.4 Å². The average molecular weight is 972 g/mol. The highest BCUT2D eigenvalue weighted by atomic mass is 15.1. The summed E-state index contributed by atoms with van der Waals surface area (Å²) in [6, 6.07) is 104. The first kappa shape index (κ1) is 45.0. The van der Waals surface area contributed by atoms with Crippen molar-refractivity contribution in [2.45, 2.75) is 18.3 Å². The quantitative estimate of drug-likeness (QED) is 0.128. The molecule has 0 radical (unpaired) electrons. The van der Waals surface area contributed by atoms with Gasteiger partial charge in [0.05, 0.1) is 16.4 Å². The highest BCUT2D eigenvalue weighted by Crippen LogP contribution is 2.57. The third-order valence-corrected chi connectivity index (χ3v) is 15.7. The van der Waals surface area contributed by atoms with Crippen LogP contribution in [-0.2, 0) is 5.41 Å². The number of aromatic nitrogens is 1. The van der Waals surface area contributed by atoms with Gasteiger partial charge >= 0.3 is 0 Å². The summed E-state index contributed by atoms with van der Waals surface area (Å²) in [4.78, 5) is 4.75. The maximum Gasteiger partial charge on any atom is 0.0710 e. The average Bonchev–Trinajstić information content (AvgIpc) is 4.18. The van der Waals surface area contributed by atoms with Crippen LogP contribution in [0.25, 0.3) is 55.3 Å². The first-order valence-corrected chi connectivity index (χ1v) is 26.5. The molecule has 0 N–H and O–H groups in total. The summed E-state index contributed by atoms with van der Waals surface area (Å²) >= 11 is 0. The van der Waals surface area contributed by atoms with Gasteiger partial charge in [0.25, 0.3) is 0 Å². The van der Waals surface area contributed by atoms with Gasteiger partial charge < -0.3 is 14.4 Å². The normalized spacial score (nSPS) is 14.7. The number of hydrogen-bond acceptors (Lipinski definition) is 2. The molecule has 1 heterocycles. The monoisotopic (exact) mass is 971 g/mol. The molecule has 3 heteroatoms. The second-order valence-corrected chi connectivity index (χ2v) is 20.0. The minimum Gasteiger partial charge on any atom is -0.310 e. The van der Waals surface area contributed by atoms with E-state index in [2.05, 4.69) is 312 Å². The van der Waals surface area contributed by atoms with E-state index in [0.29, 0.717) is 0 Å². The van der Waals surface area contributed by atoms with Crippen molar-refractivity contribution in [3.05, 3.63) is 325 Å². The standard InChI is InChI=1S/C73H53N3/c1-6-21-52(22-7-1)54-37-40-60(41-38-54)75(63-32-20-25-55(49-63)53-23-8-2-9-24-53)61-42-44-62(45-43-61)76-71-47-39-57(73(56-26-10-3-11-27-56)69-35-18-16-33-65(69)66-34-17-19-36-70(66)73)50-67(71)68-51-64(46-48-72(68)76)74(58-28-12-4-13-29-58)59-30-14-5-15-31-59/h1-16,18-33,35-51H,17,34H2. The van der Waals surface area contributed by atoms with Crippen LogP contribution in [0.2, 0.25) is 0 Å². The van der Waals surface area contributed by atoms with Gasteiger partial charge in [0.15, 0.2) is 0 Å². The minimum atomic E-state index is -0.493. The molecule has 0 saturated carbocycles. The van der Waals surface area contributed by atoms with Crippen LogP contribution in [-0.4, -0.2) is 4.57 Å². The van der Waals surface area contributed by atoms with E-state index in [4.69, 9.17) is 0 Å². The van der Waals surface area contributed by atoms with Crippen molar-refractivity contribution in [2.75, 3.05) is 9.80 Å². The largest absolute Gasteiger partial charge is 0.310 e. The van der Waals surface area contributed by atoms with Crippen LogP contribution in [0.5, 0.6) is 0 Å². The van der Waals surface area contributed by atoms with Gasteiger partial charge in [0.2, 0.25) is 0 Å². The number of fused-ring (bicyclic) bond motifs is 5. The predicted octanol–water partition coefficient (Wildman–Crippen LogP) is 19.5. The molecule has 14 rings (SSSR count). The molecule has 0 bridgehead atoms. The second-order valence-electron chi connectivity index (χ2n) is 20.0. The van der Waals surface area contributed by atoms with Crippen molar-refractivity contribution in [2.24, 2.45) is 0 Å². The van der Waals surface area contributed by atoms with Crippen molar-refractivity contribution < 1.29 is 0 Å². The number of benzene rings is 11. The van der Waals surface area contributed by atoms with Crippen molar-refractivity contribution in [3.8, 4) is 27.9 Å². The van der Waals surface area contributed by atoms with Gasteiger partial charge in [0.1, 0.15) is 0 Å². The molecule has 0 spiro atoms. The molecule has 0 saturated heterocycles. The zero-order chi connectivity index (χ0) is 50.4. The summed E-state index contributed by atoms with van der Waals surface area (Å²) < 4.78 is 2.47. The van der Waals surface area contributed by atoms with E-state index < -0.39 is 5.41 Å². The van der Waals surface area contributed by atoms with Crippen LogP contribution >= 0.6 is 0 Å². The van der Waals surface area contributed by atoms with E-state index in [9.17, 15) is 0 Å². The van der Waals surface area contributed by atoms with E-state index in [-0.39, 0.29) is 0 Å². The number of nitrogens with zero attached hydrogens (tertiary/aromatic N) is 3. The Morgan fingerprint density at radius 2 is 0.816 bits per heavy atom. The topological polar surface area (TPSA) is 11.4 Å². The Morgan fingerprint density at radius 3 is 1.47 bits per heavy atom. The number of anilines is 6. The van der Waals surface area contributed by atoms with Crippen molar-refractivity contribution in [1.29, 1.82) is 0 Å². The SMILES string of the molecule is C1=CC2=C(CC1)c1ccccc1C2(c1ccccc1)c1ccc2c(c1)c1cc(N(c3ccccc3)c3ccccc3)ccc1n2-c1ccc(N(c2ccc(-c3ccccc3)cc2)c2cccc(-c3ccccc3)c2)cc1. The molecule has 12 aromatic rings. The van der Waals surface area contributed by atoms with Crippen LogP contribution in [0, 0.1) is 0 Å². The molecule has 0 amide bonds. The van der Waals surface area contributed by atoms with Crippen molar-refractivity contribution >= 4 is 61.5 Å². The smallest absolute Gasteiger partial charge is 0.0710 e. The van der Waals surface area contributed by atoms with Crippen molar-refractivity contribution in [1.82, 2.24) is 4.57 Å². The number of rotatable bonds is 11. The Morgan fingerprint density at radius 1 is 0.342 bits per heavy atom. The van der Waals surface area contributed by atoms with Gasteiger partial charge in [0, 0.05) is 50.6 Å².